The summed E-state index contributed by atoms with van der Waals surface area (Å²) in [6, 6.07) is 12.4. The van der Waals surface area contributed by atoms with Gasteiger partial charge < -0.3 is 26.2 Å². The molecule has 1 saturated heterocycles. The third-order valence-corrected chi connectivity index (χ3v) is 6.80. The maximum Gasteiger partial charge on any atom is 0.323 e. The Kier molecular flexibility index (Phi) is 11.1. The number of amidine groups is 1. The van der Waals surface area contributed by atoms with Crippen LogP contribution in [0.3, 0.4) is 0 Å². The molecule has 7 N–H and O–H groups in total. The summed E-state index contributed by atoms with van der Waals surface area (Å²) in [6.07, 6.45) is 0. The van der Waals surface area contributed by atoms with E-state index in [1.807, 2.05) is 0 Å². The minimum absolute atomic E-state index is 0.0229. The monoisotopic (exact) mass is 562 g/mol. The highest BCUT2D eigenvalue weighted by atomic mass is 32.2. The Morgan fingerprint density at radius 3 is 2.15 bits per heavy atom. The summed E-state index contributed by atoms with van der Waals surface area (Å²) in [5.41, 5.74) is 6.64. The molecule has 0 saturated carbocycles. The molecule has 1 atom stereocenters. The van der Waals surface area contributed by atoms with Crippen molar-refractivity contribution in [3.63, 3.8) is 0 Å². The number of rotatable bonds is 10. The molecule has 14 nitrogen and oxygen atoms in total. The maximum absolute atomic E-state index is 12.6. The molecule has 0 spiro atoms. The van der Waals surface area contributed by atoms with Gasteiger partial charge in [-0.15, -0.1) is 0 Å². The van der Waals surface area contributed by atoms with Crippen molar-refractivity contribution in [2.75, 3.05) is 37.6 Å². The molecule has 210 valence electrons. The summed E-state index contributed by atoms with van der Waals surface area (Å²) < 4.78 is 26.9. The smallest absolute Gasteiger partial charge is 0.323 e. The van der Waals surface area contributed by atoms with Gasteiger partial charge in [0, 0.05) is 37.8 Å². The van der Waals surface area contributed by atoms with Crippen molar-refractivity contribution in [3.05, 3.63) is 60.2 Å². The normalized spacial score (nSPS) is 14.5. The van der Waals surface area contributed by atoms with Gasteiger partial charge in [-0.25, -0.2) is 8.42 Å². The van der Waals surface area contributed by atoms with Crippen LogP contribution >= 0.6 is 0 Å². The van der Waals surface area contributed by atoms with Crippen molar-refractivity contribution in [1.29, 1.82) is 5.41 Å². The number of carboxylic acids is 2. The van der Waals surface area contributed by atoms with Crippen molar-refractivity contribution in [2.24, 2.45) is 5.73 Å². The van der Waals surface area contributed by atoms with Gasteiger partial charge in [-0.2, -0.15) is 4.72 Å². The lowest BCUT2D eigenvalue weighted by Crippen LogP contribution is -2.54. The largest absolute Gasteiger partial charge is 0.481 e. The molecule has 0 bridgehead atoms. The number of nitrogens with two attached hydrogens (primary N) is 1. The number of nitrogens with zero attached hydrogens (tertiary/aromatic N) is 2. The zero-order valence-electron chi connectivity index (χ0n) is 21.0. The molecule has 1 heterocycles. The number of benzene rings is 2. The van der Waals surface area contributed by atoms with E-state index in [4.69, 9.17) is 21.0 Å². The first kappa shape index (κ1) is 30.9. The SMILES string of the molecule is CC(=O)O.N=C(N)c1ccc(N2CCN(CC(=O)NC[C@H](NS(=O)(=O)c3ccccc3)C(=O)O)CC2=O)cc1. The number of hydrogen-bond donors (Lipinski definition) is 6. The van der Waals surface area contributed by atoms with E-state index < -0.39 is 40.5 Å². The second-order valence-corrected chi connectivity index (χ2v) is 10.1. The molecular weight excluding hydrogens is 532 g/mol. The van der Waals surface area contributed by atoms with Crippen LogP contribution in [0.2, 0.25) is 0 Å². The Balaban J connectivity index is 0.00000124. The highest BCUT2D eigenvalue weighted by Crippen LogP contribution is 2.18. The first-order valence-corrected chi connectivity index (χ1v) is 13.0. The highest BCUT2D eigenvalue weighted by Gasteiger charge is 2.28. The molecular formula is C24H30N6O8S. The second kappa shape index (κ2) is 14.0. The summed E-state index contributed by atoms with van der Waals surface area (Å²) in [4.78, 5) is 48.5. The van der Waals surface area contributed by atoms with Gasteiger partial charge in [0.1, 0.15) is 11.9 Å². The quantitative estimate of drug-likeness (QED) is 0.157. The second-order valence-electron chi connectivity index (χ2n) is 8.36. The number of sulfonamides is 1. The predicted octanol–water partition coefficient (Wildman–Crippen LogP) is -0.742. The molecule has 2 aromatic rings. The maximum atomic E-state index is 12.6. The average Bonchev–Trinajstić information content (AvgIpc) is 2.87. The van der Waals surface area contributed by atoms with E-state index in [0.29, 0.717) is 24.3 Å². The lowest BCUT2D eigenvalue weighted by Gasteiger charge is -2.34. The standard InChI is InChI=1S/C22H26N6O6S.C2H4O2/c23-21(24)15-6-8-16(9-7-15)28-11-10-27(14-20(28)30)13-19(29)25-12-18(22(31)32)26-35(33,34)17-4-2-1-3-5-17;1-2(3)4/h1-9,18,26H,10-14H2,(H3,23,24)(H,25,29)(H,31,32);1H3,(H,3,4)/t18-;/m0./s1. The summed E-state index contributed by atoms with van der Waals surface area (Å²) >= 11 is 0. The molecule has 1 fully saturated rings. The van der Waals surface area contributed by atoms with Gasteiger partial charge in [0.05, 0.1) is 18.0 Å². The van der Waals surface area contributed by atoms with Gasteiger partial charge in [0.25, 0.3) is 5.97 Å². The lowest BCUT2D eigenvalue weighted by molar-refractivity contribution is -0.139. The van der Waals surface area contributed by atoms with Crippen LogP contribution in [0.25, 0.3) is 0 Å². The van der Waals surface area contributed by atoms with E-state index in [9.17, 15) is 27.9 Å². The van der Waals surface area contributed by atoms with Crippen LogP contribution in [0, 0.1) is 5.41 Å². The first-order chi connectivity index (χ1) is 18.3. The Labute approximate surface area is 225 Å². The lowest BCUT2D eigenvalue weighted by atomic mass is 10.1. The molecule has 1 aliphatic heterocycles. The third-order valence-electron chi connectivity index (χ3n) is 5.31. The topological polar surface area (TPSA) is 223 Å². The molecule has 0 aromatic heterocycles. The number of piperazine rings is 1. The van der Waals surface area contributed by atoms with E-state index in [1.54, 1.807) is 40.1 Å². The Bertz CT molecular complexity index is 1300. The van der Waals surface area contributed by atoms with Crippen molar-refractivity contribution in [2.45, 2.75) is 17.9 Å². The van der Waals surface area contributed by atoms with E-state index in [0.717, 1.165) is 6.92 Å². The van der Waals surface area contributed by atoms with Crippen LogP contribution in [-0.2, 0) is 29.2 Å². The van der Waals surface area contributed by atoms with E-state index in [-0.39, 0.29) is 29.7 Å². The number of nitrogens with one attached hydrogen (secondary N) is 3. The zero-order valence-corrected chi connectivity index (χ0v) is 21.8. The number of carboxylic acid groups (broad SMARTS) is 2. The minimum atomic E-state index is -4.09. The molecule has 0 radical (unpaired) electrons. The van der Waals surface area contributed by atoms with Crippen LogP contribution in [-0.4, -0.2) is 91.9 Å². The summed E-state index contributed by atoms with van der Waals surface area (Å²) in [5.74, 6) is -3.11. The van der Waals surface area contributed by atoms with Crippen LogP contribution in [0.5, 0.6) is 0 Å². The van der Waals surface area contributed by atoms with Crippen LogP contribution in [0.15, 0.2) is 59.5 Å². The molecule has 15 heteroatoms. The zero-order chi connectivity index (χ0) is 29.2. The summed E-state index contributed by atoms with van der Waals surface area (Å²) in [7, 11) is -4.09. The molecule has 0 aliphatic carbocycles. The van der Waals surface area contributed by atoms with Crippen molar-refractivity contribution >= 4 is 45.3 Å². The molecule has 39 heavy (non-hydrogen) atoms. The Hall–Kier alpha value is -4.34. The van der Waals surface area contributed by atoms with Crippen LogP contribution < -0.4 is 20.7 Å². The van der Waals surface area contributed by atoms with Gasteiger partial charge in [-0.3, -0.25) is 29.5 Å². The molecule has 2 aromatic carbocycles. The number of nitrogen functional groups attached to an aromatic ring is 1. The number of aliphatic carboxylic acids is 2. The number of amides is 2. The Morgan fingerprint density at radius 2 is 1.64 bits per heavy atom. The summed E-state index contributed by atoms with van der Waals surface area (Å²) in [6.45, 7) is 1.18. The van der Waals surface area contributed by atoms with Crippen molar-refractivity contribution in [1.82, 2.24) is 14.9 Å². The van der Waals surface area contributed by atoms with Crippen LogP contribution in [0.4, 0.5) is 5.69 Å². The number of carbonyl (C=O) groups is 4. The highest BCUT2D eigenvalue weighted by molar-refractivity contribution is 7.89. The van der Waals surface area contributed by atoms with Gasteiger partial charge in [-0.05, 0) is 36.4 Å². The van der Waals surface area contributed by atoms with E-state index >= 15 is 0 Å². The Morgan fingerprint density at radius 1 is 1.05 bits per heavy atom. The van der Waals surface area contributed by atoms with Gasteiger partial charge in [-0.1, -0.05) is 18.2 Å². The summed E-state index contributed by atoms with van der Waals surface area (Å²) in [5, 5.41) is 26.6. The van der Waals surface area contributed by atoms with Gasteiger partial charge in [0.2, 0.25) is 21.8 Å². The number of hydrogen-bond acceptors (Lipinski definition) is 8. The fraction of sp³-hybridized carbons (Fsp3) is 0.292. The molecule has 2 amide bonds. The minimum Gasteiger partial charge on any atom is -0.481 e. The third kappa shape index (κ3) is 9.81. The average molecular weight is 563 g/mol. The van der Waals surface area contributed by atoms with Crippen molar-refractivity contribution in [3.8, 4) is 0 Å². The van der Waals surface area contributed by atoms with Crippen molar-refractivity contribution < 1.29 is 37.8 Å². The van der Waals surface area contributed by atoms with Gasteiger partial charge in [0.15, 0.2) is 0 Å². The fourth-order valence-corrected chi connectivity index (χ4v) is 4.67. The van der Waals surface area contributed by atoms with E-state index in [2.05, 4.69) is 10.0 Å². The van der Waals surface area contributed by atoms with Gasteiger partial charge >= 0.3 is 5.97 Å². The number of anilines is 1. The molecule has 1 aliphatic rings. The predicted molar refractivity (Wildman–Crippen MR) is 141 cm³/mol. The molecule has 3 rings (SSSR count). The first-order valence-electron chi connectivity index (χ1n) is 11.5. The van der Waals surface area contributed by atoms with Crippen LogP contribution in [0.1, 0.15) is 12.5 Å². The fourth-order valence-electron chi connectivity index (χ4n) is 3.46. The van der Waals surface area contributed by atoms with E-state index in [1.165, 1.54) is 24.3 Å². The number of carbonyl (C=O) groups excluding carboxylic acids is 2. The molecule has 0 unspecified atom stereocenters.